The number of para-hydroxylation sites is 1. The summed E-state index contributed by atoms with van der Waals surface area (Å²) in [5, 5.41) is 3.39. The molecule has 2 amide bonds. The van der Waals surface area contributed by atoms with Crippen LogP contribution in [0.4, 0.5) is 5.69 Å². The first kappa shape index (κ1) is 21.3. The number of benzene rings is 3. The van der Waals surface area contributed by atoms with Crippen molar-refractivity contribution in [3.8, 4) is 0 Å². The van der Waals surface area contributed by atoms with Crippen LogP contribution in [-0.4, -0.2) is 16.9 Å². The zero-order valence-corrected chi connectivity index (χ0v) is 18.9. The van der Waals surface area contributed by atoms with Crippen LogP contribution >= 0.6 is 35.6 Å². The zero-order valence-electron chi connectivity index (χ0n) is 16.5. The van der Waals surface area contributed by atoms with Crippen molar-refractivity contribution in [2.45, 2.75) is 16.7 Å². The van der Waals surface area contributed by atoms with E-state index in [9.17, 15) is 9.59 Å². The maximum absolute atomic E-state index is 13.1. The molecule has 1 fully saturated rings. The Morgan fingerprint density at radius 1 is 0.935 bits per heavy atom. The topological polar surface area (TPSA) is 49.4 Å². The molecular formula is C24H17ClN2O2S2. The van der Waals surface area contributed by atoms with Gasteiger partial charge in [0.1, 0.15) is 5.57 Å². The van der Waals surface area contributed by atoms with Crippen LogP contribution in [0, 0.1) is 6.92 Å². The fourth-order valence-corrected chi connectivity index (χ4v) is 4.34. The smallest absolute Gasteiger partial charge is 0.270 e. The van der Waals surface area contributed by atoms with E-state index in [2.05, 4.69) is 5.32 Å². The van der Waals surface area contributed by atoms with Gasteiger partial charge in [0.25, 0.3) is 11.8 Å². The summed E-state index contributed by atoms with van der Waals surface area (Å²) in [5.41, 5.74) is 2.32. The predicted octanol–water partition coefficient (Wildman–Crippen LogP) is 5.63. The van der Waals surface area contributed by atoms with Crippen LogP contribution in [0.15, 0.2) is 88.2 Å². The number of carbonyl (C=O) groups is 2. The minimum atomic E-state index is -0.501. The van der Waals surface area contributed by atoms with Crippen molar-refractivity contribution in [3.05, 3.63) is 94.5 Å². The summed E-state index contributed by atoms with van der Waals surface area (Å²) >= 11 is 12.8. The molecule has 0 unspecified atom stereocenters. The molecule has 4 nitrogen and oxygen atoms in total. The van der Waals surface area contributed by atoms with E-state index in [4.69, 9.17) is 23.8 Å². The third kappa shape index (κ3) is 4.71. The number of aryl methyl sites for hydroxylation is 1. The molecular weight excluding hydrogens is 448 g/mol. The minimum absolute atomic E-state index is 0.0370. The third-order valence-corrected chi connectivity index (χ3v) is 6.25. The van der Waals surface area contributed by atoms with Crippen molar-refractivity contribution in [3.63, 3.8) is 0 Å². The van der Waals surface area contributed by atoms with Crippen LogP contribution in [-0.2, 0) is 9.59 Å². The number of thiocarbonyl (C=S) groups is 1. The number of carbonyl (C=O) groups excluding carboxylic acids is 2. The summed E-state index contributed by atoms with van der Waals surface area (Å²) in [4.78, 5) is 29.1. The minimum Gasteiger partial charge on any atom is -0.298 e. The van der Waals surface area contributed by atoms with E-state index in [1.54, 1.807) is 23.9 Å². The second kappa shape index (κ2) is 9.06. The van der Waals surface area contributed by atoms with E-state index in [1.165, 1.54) is 4.90 Å². The maximum Gasteiger partial charge on any atom is 0.270 e. The number of hydrogen-bond donors (Lipinski definition) is 1. The van der Waals surface area contributed by atoms with Gasteiger partial charge in [-0.2, -0.15) is 0 Å². The highest BCUT2D eigenvalue weighted by molar-refractivity contribution is 7.99. The van der Waals surface area contributed by atoms with Gasteiger partial charge in [0.05, 0.1) is 5.69 Å². The molecule has 1 heterocycles. The SMILES string of the molecule is Cc1ccccc1N1C(=O)/C(=C/c2ccc(Sc3ccc(Cl)cc3)cc2)C(=O)NC1=S. The Labute approximate surface area is 194 Å². The molecule has 0 bridgehead atoms. The molecule has 154 valence electrons. The first-order valence-corrected chi connectivity index (χ1v) is 11.0. The van der Waals surface area contributed by atoms with Crippen molar-refractivity contribution in [2.75, 3.05) is 4.90 Å². The Morgan fingerprint density at radius 3 is 2.19 bits per heavy atom. The molecule has 1 aliphatic heterocycles. The number of nitrogens with zero attached hydrogens (tertiary/aromatic N) is 1. The summed E-state index contributed by atoms with van der Waals surface area (Å²) in [6, 6.07) is 22.6. The van der Waals surface area contributed by atoms with Crippen molar-refractivity contribution in [1.82, 2.24) is 5.32 Å². The Balaban J connectivity index is 1.58. The highest BCUT2D eigenvalue weighted by atomic mass is 35.5. The number of rotatable bonds is 4. The van der Waals surface area contributed by atoms with Crippen LogP contribution in [0.5, 0.6) is 0 Å². The van der Waals surface area contributed by atoms with E-state index in [0.717, 1.165) is 20.9 Å². The monoisotopic (exact) mass is 464 g/mol. The normalized spacial score (nSPS) is 15.4. The molecule has 0 atom stereocenters. The van der Waals surface area contributed by atoms with Gasteiger partial charge >= 0.3 is 0 Å². The van der Waals surface area contributed by atoms with Gasteiger partial charge in [0.2, 0.25) is 0 Å². The van der Waals surface area contributed by atoms with E-state index < -0.39 is 11.8 Å². The van der Waals surface area contributed by atoms with Crippen LogP contribution in [0.2, 0.25) is 5.02 Å². The second-order valence-corrected chi connectivity index (χ2v) is 8.84. The van der Waals surface area contributed by atoms with E-state index in [-0.39, 0.29) is 10.7 Å². The van der Waals surface area contributed by atoms with E-state index >= 15 is 0 Å². The lowest BCUT2D eigenvalue weighted by Crippen LogP contribution is -2.54. The van der Waals surface area contributed by atoms with Gasteiger partial charge in [-0.05, 0) is 78.8 Å². The molecule has 3 aromatic carbocycles. The number of anilines is 1. The Bertz CT molecular complexity index is 1210. The molecule has 0 spiro atoms. The van der Waals surface area contributed by atoms with Gasteiger partial charge in [-0.3, -0.25) is 19.8 Å². The largest absolute Gasteiger partial charge is 0.298 e. The fraction of sp³-hybridized carbons (Fsp3) is 0.0417. The van der Waals surface area contributed by atoms with Crippen LogP contribution in [0.3, 0.4) is 0 Å². The van der Waals surface area contributed by atoms with Gasteiger partial charge in [-0.1, -0.05) is 53.7 Å². The molecule has 7 heteroatoms. The van der Waals surface area contributed by atoms with E-state index in [0.29, 0.717) is 10.7 Å². The fourth-order valence-electron chi connectivity index (χ4n) is 3.13. The molecule has 3 aromatic rings. The summed E-state index contributed by atoms with van der Waals surface area (Å²) < 4.78 is 0. The molecule has 0 aliphatic carbocycles. The molecule has 1 aliphatic rings. The predicted molar refractivity (Wildman–Crippen MR) is 129 cm³/mol. The summed E-state index contributed by atoms with van der Waals surface area (Å²) in [6.45, 7) is 1.89. The van der Waals surface area contributed by atoms with Gasteiger partial charge in [-0.25, -0.2) is 0 Å². The van der Waals surface area contributed by atoms with Crippen LogP contribution < -0.4 is 10.2 Å². The van der Waals surface area contributed by atoms with Crippen molar-refractivity contribution in [1.29, 1.82) is 0 Å². The van der Waals surface area contributed by atoms with Gasteiger partial charge in [0, 0.05) is 14.8 Å². The molecule has 0 radical (unpaired) electrons. The lowest BCUT2D eigenvalue weighted by atomic mass is 10.1. The second-order valence-electron chi connectivity index (χ2n) is 6.87. The van der Waals surface area contributed by atoms with Crippen molar-refractivity contribution >= 4 is 64.3 Å². The lowest BCUT2D eigenvalue weighted by molar-refractivity contribution is -0.122. The van der Waals surface area contributed by atoms with Crippen molar-refractivity contribution < 1.29 is 9.59 Å². The number of nitrogens with one attached hydrogen (secondary N) is 1. The molecule has 4 rings (SSSR count). The highest BCUT2D eigenvalue weighted by Gasteiger charge is 2.34. The average Bonchev–Trinajstić information content (AvgIpc) is 2.75. The average molecular weight is 465 g/mol. The summed E-state index contributed by atoms with van der Waals surface area (Å²) in [7, 11) is 0. The lowest BCUT2D eigenvalue weighted by Gasteiger charge is -2.30. The van der Waals surface area contributed by atoms with Crippen LogP contribution in [0.1, 0.15) is 11.1 Å². The Hall–Kier alpha value is -2.93. The summed E-state index contributed by atoms with van der Waals surface area (Å²) in [5.74, 6) is -0.942. The third-order valence-electron chi connectivity index (χ3n) is 4.70. The van der Waals surface area contributed by atoms with Gasteiger partial charge in [0.15, 0.2) is 5.11 Å². The molecule has 0 aromatic heterocycles. The standard InChI is InChI=1S/C24H17ClN2O2S2/c1-15-4-2-3-5-21(15)27-23(29)20(22(28)26-24(27)30)14-16-6-10-18(11-7-16)31-19-12-8-17(25)9-13-19/h2-14H,1H3,(H,26,28,30)/b20-14+. The highest BCUT2D eigenvalue weighted by Crippen LogP contribution is 2.29. The van der Waals surface area contributed by atoms with Crippen molar-refractivity contribution in [2.24, 2.45) is 0 Å². The molecule has 31 heavy (non-hydrogen) atoms. The Morgan fingerprint density at radius 2 is 1.55 bits per heavy atom. The molecule has 0 saturated carbocycles. The number of hydrogen-bond acceptors (Lipinski definition) is 4. The first-order valence-electron chi connectivity index (χ1n) is 9.43. The quantitative estimate of drug-likeness (QED) is 0.309. The Kier molecular flexibility index (Phi) is 6.23. The van der Waals surface area contributed by atoms with Gasteiger partial charge in [-0.15, -0.1) is 0 Å². The van der Waals surface area contributed by atoms with E-state index in [1.807, 2.05) is 73.7 Å². The van der Waals surface area contributed by atoms with Crippen LogP contribution in [0.25, 0.3) is 6.08 Å². The summed E-state index contributed by atoms with van der Waals surface area (Å²) in [6.07, 6.45) is 1.58. The maximum atomic E-state index is 13.1. The zero-order chi connectivity index (χ0) is 22.0. The first-order chi connectivity index (χ1) is 14.9. The number of amides is 2. The number of halogens is 1. The molecule has 1 N–H and O–H groups in total. The van der Waals surface area contributed by atoms with Gasteiger partial charge < -0.3 is 0 Å². The molecule has 1 saturated heterocycles.